The van der Waals surface area contributed by atoms with Crippen molar-refractivity contribution in [3.63, 3.8) is 0 Å². The zero-order valence-electron chi connectivity index (χ0n) is 7.18. The van der Waals surface area contributed by atoms with Crippen LogP contribution in [-0.4, -0.2) is 11.9 Å². The van der Waals surface area contributed by atoms with Crippen molar-refractivity contribution in [2.45, 2.75) is 44.6 Å². The molecule has 1 aliphatic carbocycles. The fourth-order valence-corrected chi connectivity index (χ4v) is 1.54. The summed E-state index contributed by atoms with van der Waals surface area (Å²) in [6.07, 6.45) is 5.36. The summed E-state index contributed by atoms with van der Waals surface area (Å²) in [5.74, 6) is 0.0310. The molecule has 0 bridgehead atoms. The van der Waals surface area contributed by atoms with Gasteiger partial charge in [-0.1, -0.05) is 12.8 Å². The van der Waals surface area contributed by atoms with E-state index in [-0.39, 0.29) is 5.91 Å². The molecule has 66 valence electrons. The fraction of sp³-hybridized carbons (Fsp3) is 0.778. The number of carbonyl (C=O) groups excluding carboxylic acids is 1. The average Bonchev–Trinajstić information content (AvgIpc) is 2.53. The second kappa shape index (κ2) is 4.76. The lowest BCUT2D eigenvalue weighted by molar-refractivity contribution is -0.121. The summed E-state index contributed by atoms with van der Waals surface area (Å²) in [6, 6.07) is 2.35. The Morgan fingerprint density at radius 2 is 2.17 bits per heavy atom. The van der Waals surface area contributed by atoms with Gasteiger partial charge in [0.15, 0.2) is 0 Å². The van der Waals surface area contributed by atoms with E-state index in [0.717, 1.165) is 12.8 Å². The molecule has 0 atom stereocenters. The summed E-state index contributed by atoms with van der Waals surface area (Å²) in [5, 5.41) is 11.2. The maximum Gasteiger partial charge on any atom is 0.221 e. The summed E-state index contributed by atoms with van der Waals surface area (Å²) in [6.45, 7) is 0. The number of hydrogen-bond donors (Lipinski definition) is 1. The van der Waals surface area contributed by atoms with Crippen molar-refractivity contribution in [3.8, 4) is 6.07 Å². The third-order valence-corrected chi connectivity index (χ3v) is 2.18. The van der Waals surface area contributed by atoms with Crippen LogP contribution in [0.2, 0.25) is 0 Å². The molecule has 1 N–H and O–H groups in total. The highest BCUT2D eigenvalue weighted by Crippen LogP contribution is 2.17. The molecular weight excluding hydrogens is 152 g/mol. The Labute approximate surface area is 72.8 Å². The van der Waals surface area contributed by atoms with E-state index in [0.29, 0.717) is 18.9 Å². The molecule has 0 heterocycles. The van der Waals surface area contributed by atoms with E-state index in [9.17, 15) is 4.79 Å². The normalized spacial score (nSPS) is 17.2. The number of amides is 1. The standard InChI is InChI=1S/C9H14N2O/c10-7-3-6-9(12)11-8-4-1-2-5-8/h8H,1-6H2,(H,11,12). The summed E-state index contributed by atoms with van der Waals surface area (Å²) in [5.41, 5.74) is 0. The van der Waals surface area contributed by atoms with Gasteiger partial charge in [-0.05, 0) is 12.8 Å². The van der Waals surface area contributed by atoms with Crippen molar-refractivity contribution in [1.82, 2.24) is 5.32 Å². The lowest BCUT2D eigenvalue weighted by Gasteiger charge is -2.10. The van der Waals surface area contributed by atoms with Gasteiger partial charge in [0.05, 0.1) is 6.07 Å². The largest absolute Gasteiger partial charge is 0.353 e. The molecule has 3 heteroatoms. The molecule has 0 spiro atoms. The number of carbonyl (C=O) groups is 1. The molecule has 1 amide bonds. The van der Waals surface area contributed by atoms with Gasteiger partial charge in [-0.25, -0.2) is 0 Å². The van der Waals surface area contributed by atoms with Crippen molar-refractivity contribution >= 4 is 5.91 Å². The first-order valence-electron chi connectivity index (χ1n) is 4.49. The van der Waals surface area contributed by atoms with Crippen LogP contribution in [0.3, 0.4) is 0 Å². The highest BCUT2D eigenvalue weighted by atomic mass is 16.1. The number of nitriles is 1. The molecule has 0 radical (unpaired) electrons. The maximum atomic E-state index is 11.1. The van der Waals surface area contributed by atoms with Gasteiger partial charge in [0, 0.05) is 18.9 Å². The van der Waals surface area contributed by atoms with Crippen LogP contribution in [0.15, 0.2) is 0 Å². The average molecular weight is 166 g/mol. The van der Waals surface area contributed by atoms with Gasteiger partial charge in [-0.2, -0.15) is 5.26 Å². The molecule has 0 aromatic rings. The predicted molar refractivity (Wildman–Crippen MR) is 45.2 cm³/mol. The number of nitrogens with zero attached hydrogens (tertiary/aromatic N) is 1. The van der Waals surface area contributed by atoms with E-state index < -0.39 is 0 Å². The summed E-state index contributed by atoms with van der Waals surface area (Å²) in [7, 11) is 0. The minimum Gasteiger partial charge on any atom is -0.353 e. The molecule has 1 saturated carbocycles. The third-order valence-electron chi connectivity index (χ3n) is 2.18. The first-order chi connectivity index (χ1) is 5.83. The van der Waals surface area contributed by atoms with Crippen LogP contribution >= 0.6 is 0 Å². The van der Waals surface area contributed by atoms with Crippen LogP contribution in [0.1, 0.15) is 38.5 Å². The molecular formula is C9H14N2O. The maximum absolute atomic E-state index is 11.1. The molecule has 1 aliphatic rings. The third kappa shape index (κ3) is 2.91. The first kappa shape index (κ1) is 9.05. The summed E-state index contributed by atoms with van der Waals surface area (Å²) in [4.78, 5) is 11.1. The zero-order chi connectivity index (χ0) is 8.81. The van der Waals surface area contributed by atoms with Crippen LogP contribution in [0, 0.1) is 11.3 Å². The van der Waals surface area contributed by atoms with Crippen molar-refractivity contribution < 1.29 is 4.79 Å². The van der Waals surface area contributed by atoms with Crippen LogP contribution in [0.5, 0.6) is 0 Å². The molecule has 0 aromatic carbocycles. The van der Waals surface area contributed by atoms with Crippen molar-refractivity contribution in [3.05, 3.63) is 0 Å². The predicted octanol–water partition coefficient (Wildman–Crippen LogP) is 1.35. The monoisotopic (exact) mass is 166 g/mol. The lowest BCUT2D eigenvalue weighted by atomic mass is 10.2. The Morgan fingerprint density at radius 1 is 1.50 bits per heavy atom. The van der Waals surface area contributed by atoms with Crippen LogP contribution < -0.4 is 5.32 Å². The second-order valence-electron chi connectivity index (χ2n) is 3.21. The summed E-state index contributed by atoms with van der Waals surface area (Å²) < 4.78 is 0. The molecule has 3 nitrogen and oxygen atoms in total. The molecule has 1 fully saturated rings. The number of rotatable bonds is 3. The quantitative estimate of drug-likeness (QED) is 0.688. The van der Waals surface area contributed by atoms with Gasteiger partial charge in [0.25, 0.3) is 0 Å². The highest BCUT2D eigenvalue weighted by Gasteiger charge is 2.16. The first-order valence-corrected chi connectivity index (χ1v) is 4.49. The Balaban J connectivity index is 2.13. The molecule has 0 saturated heterocycles. The second-order valence-corrected chi connectivity index (χ2v) is 3.21. The number of nitrogens with one attached hydrogen (secondary N) is 1. The molecule has 1 rings (SSSR count). The minimum absolute atomic E-state index is 0.0310. The van der Waals surface area contributed by atoms with E-state index in [1.165, 1.54) is 12.8 Å². The van der Waals surface area contributed by atoms with Gasteiger partial charge in [0.2, 0.25) is 5.91 Å². The van der Waals surface area contributed by atoms with Gasteiger partial charge >= 0.3 is 0 Å². The fourth-order valence-electron chi connectivity index (χ4n) is 1.54. The highest BCUT2D eigenvalue weighted by molar-refractivity contribution is 5.76. The van der Waals surface area contributed by atoms with Gasteiger partial charge < -0.3 is 5.32 Å². The van der Waals surface area contributed by atoms with Gasteiger partial charge in [-0.15, -0.1) is 0 Å². The van der Waals surface area contributed by atoms with Crippen molar-refractivity contribution in [2.75, 3.05) is 0 Å². The van der Waals surface area contributed by atoms with Crippen LogP contribution in [0.4, 0.5) is 0 Å². The van der Waals surface area contributed by atoms with Gasteiger partial charge in [-0.3, -0.25) is 4.79 Å². The van der Waals surface area contributed by atoms with Crippen LogP contribution in [0.25, 0.3) is 0 Å². The minimum atomic E-state index is 0.0310. The Morgan fingerprint density at radius 3 is 2.75 bits per heavy atom. The Kier molecular flexibility index (Phi) is 3.59. The lowest BCUT2D eigenvalue weighted by Crippen LogP contribution is -2.32. The van der Waals surface area contributed by atoms with Crippen molar-refractivity contribution in [1.29, 1.82) is 5.26 Å². The Hall–Kier alpha value is -1.04. The molecule has 12 heavy (non-hydrogen) atoms. The van der Waals surface area contributed by atoms with Gasteiger partial charge in [0.1, 0.15) is 0 Å². The molecule has 0 aromatic heterocycles. The molecule has 0 unspecified atom stereocenters. The topological polar surface area (TPSA) is 52.9 Å². The van der Waals surface area contributed by atoms with E-state index >= 15 is 0 Å². The van der Waals surface area contributed by atoms with E-state index in [1.807, 2.05) is 6.07 Å². The van der Waals surface area contributed by atoms with Crippen LogP contribution in [-0.2, 0) is 4.79 Å². The summed E-state index contributed by atoms with van der Waals surface area (Å²) >= 11 is 0. The van der Waals surface area contributed by atoms with E-state index in [2.05, 4.69) is 5.32 Å². The smallest absolute Gasteiger partial charge is 0.221 e. The van der Waals surface area contributed by atoms with Crippen molar-refractivity contribution in [2.24, 2.45) is 0 Å². The van der Waals surface area contributed by atoms with E-state index in [1.54, 1.807) is 0 Å². The zero-order valence-corrected chi connectivity index (χ0v) is 7.18. The number of hydrogen-bond acceptors (Lipinski definition) is 2. The SMILES string of the molecule is N#CCCC(=O)NC1CCCC1. The Bertz CT molecular complexity index is 189. The molecule has 0 aliphatic heterocycles. The van der Waals surface area contributed by atoms with E-state index in [4.69, 9.17) is 5.26 Å².